The summed E-state index contributed by atoms with van der Waals surface area (Å²) >= 11 is 1.86. The molecule has 0 saturated heterocycles. The fourth-order valence-electron chi connectivity index (χ4n) is 1.87. The molecule has 0 aliphatic heterocycles. The van der Waals surface area contributed by atoms with Gasteiger partial charge in [0.15, 0.2) is 0 Å². The van der Waals surface area contributed by atoms with Gasteiger partial charge in [0, 0.05) is 10.8 Å². The van der Waals surface area contributed by atoms with Crippen LogP contribution in [0.25, 0.3) is 0 Å². The van der Waals surface area contributed by atoms with Crippen molar-refractivity contribution in [2.75, 3.05) is 6.26 Å². The molecular formula is C16H22O2S. The van der Waals surface area contributed by atoms with Crippen molar-refractivity contribution < 1.29 is 9.53 Å². The van der Waals surface area contributed by atoms with Crippen LogP contribution in [0.1, 0.15) is 37.1 Å². The minimum atomic E-state index is -0.340. The molecule has 0 aliphatic carbocycles. The number of hydrogen-bond acceptors (Lipinski definition) is 3. The second kappa shape index (κ2) is 7.39. The summed E-state index contributed by atoms with van der Waals surface area (Å²) in [6, 6.07) is 8.27. The monoisotopic (exact) mass is 278 g/mol. The quantitative estimate of drug-likeness (QED) is 0.571. The average Bonchev–Trinajstić information content (AvgIpc) is 2.37. The first-order chi connectivity index (χ1) is 8.95. The van der Waals surface area contributed by atoms with Crippen molar-refractivity contribution in [2.45, 2.75) is 32.6 Å². The zero-order valence-electron chi connectivity index (χ0n) is 12.1. The lowest BCUT2D eigenvalue weighted by molar-refractivity contribution is -0.140. The first kappa shape index (κ1) is 15.8. The number of benzene rings is 1. The molecule has 0 spiro atoms. The van der Waals surface area contributed by atoms with Crippen LogP contribution in [0.4, 0.5) is 0 Å². The van der Waals surface area contributed by atoms with Crippen molar-refractivity contribution in [1.29, 1.82) is 0 Å². The molecule has 1 aromatic rings. The van der Waals surface area contributed by atoms with Crippen LogP contribution >= 0.6 is 11.8 Å². The molecule has 0 aliphatic rings. The molecular weight excluding hydrogens is 256 g/mol. The Bertz CT molecular complexity index is 435. The van der Waals surface area contributed by atoms with Crippen LogP contribution in [0.5, 0.6) is 0 Å². The third kappa shape index (κ3) is 4.75. The van der Waals surface area contributed by atoms with Crippen LogP contribution in [-0.4, -0.2) is 12.2 Å². The molecule has 0 saturated carbocycles. The summed E-state index contributed by atoms with van der Waals surface area (Å²) in [7, 11) is 0. The van der Waals surface area contributed by atoms with E-state index in [-0.39, 0.29) is 5.97 Å². The molecule has 0 N–H and O–H groups in total. The van der Waals surface area contributed by atoms with Crippen molar-refractivity contribution in [3.8, 4) is 0 Å². The van der Waals surface area contributed by atoms with Gasteiger partial charge in [-0.2, -0.15) is 11.8 Å². The highest BCUT2D eigenvalue weighted by Gasteiger charge is 2.14. The third-order valence-electron chi connectivity index (χ3n) is 2.89. The highest BCUT2D eigenvalue weighted by Crippen LogP contribution is 2.33. The summed E-state index contributed by atoms with van der Waals surface area (Å²) in [4.78, 5) is 11.3. The molecule has 1 atom stereocenters. The van der Waals surface area contributed by atoms with E-state index < -0.39 is 0 Å². The van der Waals surface area contributed by atoms with E-state index in [1.54, 1.807) is 6.92 Å². The number of hydrogen-bond donors (Lipinski definition) is 0. The molecule has 1 aromatic carbocycles. The molecule has 0 aromatic heterocycles. The lowest BCUT2D eigenvalue weighted by Gasteiger charge is -2.19. The fourth-order valence-corrected chi connectivity index (χ4v) is 2.84. The highest BCUT2D eigenvalue weighted by atomic mass is 32.2. The molecule has 1 rings (SSSR count). The predicted octanol–water partition coefficient (Wildman–Crippen LogP) is 4.37. The summed E-state index contributed by atoms with van der Waals surface area (Å²) in [5.41, 5.74) is 2.75. The predicted molar refractivity (Wildman–Crippen MR) is 82.1 cm³/mol. The van der Waals surface area contributed by atoms with E-state index in [1.165, 1.54) is 5.56 Å². The van der Waals surface area contributed by atoms with E-state index in [4.69, 9.17) is 4.74 Å². The van der Waals surface area contributed by atoms with Crippen molar-refractivity contribution in [3.63, 3.8) is 0 Å². The first-order valence-corrected chi connectivity index (χ1v) is 7.68. The van der Waals surface area contributed by atoms with Gasteiger partial charge in [0.25, 0.3) is 0 Å². The van der Waals surface area contributed by atoms with Gasteiger partial charge in [0.1, 0.15) is 6.61 Å². The smallest absolute Gasteiger partial charge is 0.333 e. The number of esters is 1. The van der Waals surface area contributed by atoms with Crippen molar-refractivity contribution in [3.05, 3.63) is 47.5 Å². The Hall–Kier alpha value is -1.22. The molecule has 19 heavy (non-hydrogen) atoms. The van der Waals surface area contributed by atoms with Crippen LogP contribution in [0.2, 0.25) is 0 Å². The normalized spacial score (nSPS) is 12.3. The second-order valence-electron chi connectivity index (χ2n) is 5.00. The topological polar surface area (TPSA) is 26.3 Å². The molecule has 0 fully saturated rings. The Morgan fingerprint density at radius 1 is 1.32 bits per heavy atom. The van der Waals surface area contributed by atoms with Gasteiger partial charge in [-0.3, -0.25) is 0 Å². The Balaban J connectivity index is 2.66. The SMILES string of the molecule is C=C(C)C(=O)OCc1ccc(C(SC)C(C)C)cc1. The third-order valence-corrected chi connectivity index (χ3v) is 4.21. The van der Waals surface area contributed by atoms with Gasteiger partial charge in [0.2, 0.25) is 0 Å². The highest BCUT2D eigenvalue weighted by molar-refractivity contribution is 7.98. The van der Waals surface area contributed by atoms with Crippen LogP contribution < -0.4 is 0 Å². The largest absolute Gasteiger partial charge is 0.457 e. The van der Waals surface area contributed by atoms with Gasteiger partial charge in [-0.15, -0.1) is 0 Å². The van der Waals surface area contributed by atoms with Crippen LogP contribution in [-0.2, 0) is 16.1 Å². The first-order valence-electron chi connectivity index (χ1n) is 6.40. The summed E-state index contributed by atoms with van der Waals surface area (Å²) in [5, 5.41) is 0.506. The Morgan fingerprint density at radius 3 is 2.32 bits per heavy atom. The zero-order chi connectivity index (χ0) is 14.4. The lowest BCUT2D eigenvalue weighted by Crippen LogP contribution is -2.05. The van der Waals surface area contributed by atoms with Gasteiger partial charge in [-0.05, 0) is 30.2 Å². The lowest BCUT2D eigenvalue weighted by atomic mass is 10.0. The molecule has 3 heteroatoms. The number of thioether (sulfide) groups is 1. The van der Waals surface area contributed by atoms with Crippen molar-refractivity contribution in [1.82, 2.24) is 0 Å². The summed E-state index contributed by atoms with van der Waals surface area (Å²) in [6.07, 6.45) is 2.13. The standard InChI is InChI=1S/C16H22O2S/c1-11(2)15(19-5)14-8-6-13(7-9-14)10-18-16(17)12(3)4/h6-9,11,15H,3,10H2,1-2,4-5H3. The average molecular weight is 278 g/mol. The summed E-state index contributed by atoms with van der Waals surface area (Å²) in [5.74, 6) is 0.260. The molecule has 1 unspecified atom stereocenters. The van der Waals surface area contributed by atoms with E-state index in [0.29, 0.717) is 23.3 Å². The van der Waals surface area contributed by atoms with Crippen molar-refractivity contribution >= 4 is 17.7 Å². The van der Waals surface area contributed by atoms with E-state index in [1.807, 2.05) is 23.9 Å². The maximum Gasteiger partial charge on any atom is 0.333 e. The number of rotatable bonds is 6. The van der Waals surface area contributed by atoms with Gasteiger partial charge in [-0.25, -0.2) is 4.79 Å². The van der Waals surface area contributed by atoms with Crippen molar-refractivity contribution in [2.24, 2.45) is 5.92 Å². The van der Waals surface area contributed by atoms with Gasteiger partial charge in [-0.1, -0.05) is 44.7 Å². The Kier molecular flexibility index (Phi) is 6.16. The summed E-state index contributed by atoms with van der Waals surface area (Å²) in [6.45, 7) is 9.96. The van der Waals surface area contributed by atoms with Crippen LogP contribution in [0, 0.1) is 5.92 Å². The number of carbonyl (C=O) groups is 1. The molecule has 0 radical (unpaired) electrons. The Morgan fingerprint density at radius 2 is 1.89 bits per heavy atom. The maximum absolute atomic E-state index is 11.3. The van der Waals surface area contributed by atoms with E-state index in [2.05, 4.69) is 38.8 Å². The molecule has 0 bridgehead atoms. The van der Waals surface area contributed by atoms with Gasteiger partial charge >= 0.3 is 5.97 Å². The fraction of sp³-hybridized carbons (Fsp3) is 0.438. The minimum Gasteiger partial charge on any atom is -0.457 e. The van der Waals surface area contributed by atoms with Gasteiger partial charge in [0.05, 0.1) is 0 Å². The maximum atomic E-state index is 11.3. The number of carbonyl (C=O) groups excluding carboxylic acids is 1. The minimum absolute atomic E-state index is 0.303. The second-order valence-corrected chi connectivity index (χ2v) is 5.98. The Labute approximate surface area is 120 Å². The van der Waals surface area contributed by atoms with E-state index in [0.717, 1.165) is 5.56 Å². The van der Waals surface area contributed by atoms with Crippen LogP contribution in [0.15, 0.2) is 36.4 Å². The molecule has 0 heterocycles. The molecule has 0 amide bonds. The van der Waals surface area contributed by atoms with Gasteiger partial charge < -0.3 is 4.74 Å². The van der Waals surface area contributed by atoms with E-state index in [9.17, 15) is 4.79 Å². The van der Waals surface area contributed by atoms with E-state index >= 15 is 0 Å². The number of ether oxygens (including phenoxy) is 1. The molecule has 104 valence electrons. The zero-order valence-corrected chi connectivity index (χ0v) is 12.9. The van der Waals surface area contributed by atoms with Crippen LogP contribution in [0.3, 0.4) is 0 Å². The molecule has 2 nitrogen and oxygen atoms in total. The summed E-state index contributed by atoms with van der Waals surface area (Å²) < 4.78 is 5.12.